The number of aliphatic hydroxyl groups is 1. The van der Waals surface area contributed by atoms with Crippen LogP contribution in [-0.2, 0) is 9.47 Å². The molecule has 0 aromatic rings. The van der Waals surface area contributed by atoms with Gasteiger partial charge < -0.3 is 24.8 Å². The van der Waals surface area contributed by atoms with E-state index in [4.69, 9.17) is 9.47 Å². The number of amides is 2. The number of carbonyl (C=O) groups is 2. The summed E-state index contributed by atoms with van der Waals surface area (Å²) in [5.74, 6) is 0.312. The lowest BCUT2D eigenvalue weighted by molar-refractivity contribution is 0.00848. The number of hydrogen-bond donors (Lipinski definition) is 2. The summed E-state index contributed by atoms with van der Waals surface area (Å²) in [7, 11) is 0. The highest BCUT2D eigenvalue weighted by Gasteiger charge is 2.31. The molecule has 2 N–H and O–H groups in total. The van der Waals surface area contributed by atoms with Crippen LogP contribution in [0.2, 0.25) is 0 Å². The zero-order valence-electron chi connectivity index (χ0n) is 17.1. The molecule has 0 unspecified atom stereocenters. The van der Waals surface area contributed by atoms with Gasteiger partial charge in [-0.3, -0.25) is 0 Å². The fourth-order valence-electron chi connectivity index (χ4n) is 2.98. The Bertz CT molecular complexity index is 460. The smallest absolute Gasteiger partial charge is 0.410 e. The molecule has 1 fully saturated rings. The van der Waals surface area contributed by atoms with Crippen LogP contribution in [-0.4, -0.2) is 59.1 Å². The minimum atomic E-state index is -0.573. The second kappa shape index (κ2) is 9.44. The SMILES string of the molecule is CC(C)(C)OC(=O)NCCN(C(=O)OC(C)(C)C)C1CCC(CO)CC1. The summed E-state index contributed by atoms with van der Waals surface area (Å²) in [4.78, 5) is 26.1. The van der Waals surface area contributed by atoms with Gasteiger partial charge in [0.05, 0.1) is 0 Å². The normalized spacial score (nSPS) is 21.0. The van der Waals surface area contributed by atoms with Gasteiger partial charge in [-0.15, -0.1) is 0 Å². The van der Waals surface area contributed by atoms with E-state index in [-0.39, 0.29) is 18.7 Å². The van der Waals surface area contributed by atoms with Crippen LogP contribution in [0.5, 0.6) is 0 Å². The third kappa shape index (κ3) is 8.74. The van der Waals surface area contributed by atoms with Crippen LogP contribution in [0.15, 0.2) is 0 Å². The molecule has 0 aliphatic heterocycles. The molecule has 2 amide bonds. The Labute approximate surface area is 157 Å². The molecular formula is C19H36N2O5. The molecule has 0 heterocycles. The van der Waals surface area contributed by atoms with E-state index in [2.05, 4.69) is 5.32 Å². The van der Waals surface area contributed by atoms with E-state index < -0.39 is 17.3 Å². The maximum absolute atomic E-state index is 12.6. The number of carbonyl (C=O) groups excluding carboxylic acids is 2. The van der Waals surface area contributed by atoms with Crippen molar-refractivity contribution >= 4 is 12.2 Å². The fraction of sp³-hybridized carbons (Fsp3) is 0.895. The van der Waals surface area contributed by atoms with E-state index in [1.165, 1.54) is 0 Å². The van der Waals surface area contributed by atoms with Crippen molar-refractivity contribution in [1.29, 1.82) is 0 Å². The van der Waals surface area contributed by atoms with Crippen LogP contribution in [0.25, 0.3) is 0 Å². The number of nitrogens with one attached hydrogen (secondary N) is 1. The molecule has 0 bridgehead atoms. The van der Waals surface area contributed by atoms with E-state index in [0.29, 0.717) is 19.0 Å². The molecule has 0 saturated heterocycles. The van der Waals surface area contributed by atoms with Gasteiger partial charge in [0.25, 0.3) is 0 Å². The summed E-state index contributed by atoms with van der Waals surface area (Å²) in [6, 6.07) is 0.0630. The molecule has 1 aliphatic carbocycles. The molecule has 0 aromatic heterocycles. The predicted molar refractivity (Wildman–Crippen MR) is 100 cm³/mol. The molecular weight excluding hydrogens is 336 g/mol. The Morgan fingerprint density at radius 1 is 1.00 bits per heavy atom. The summed E-state index contributed by atoms with van der Waals surface area (Å²) in [6.07, 6.45) is 2.58. The first-order chi connectivity index (χ1) is 11.9. The Hall–Kier alpha value is -1.50. The number of alkyl carbamates (subject to hydrolysis) is 1. The molecule has 1 saturated carbocycles. The maximum Gasteiger partial charge on any atom is 0.410 e. The Morgan fingerprint density at radius 2 is 1.54 bits per heavy atom. The zero-order chi connectivity index (χ0) is 20.0. The quantitative estimate of drug-likeness (QED) is 0.773. The third-order valence-corrected chi connectivity index (χ3v) is 4.16. The topological polar surface area (TPSA) is 88.1 Å². The summed E-state index contributed by atoms with van der Waals surface area (Å²) in [5.41, 5.74) is -1.13. The van der Waals surface area contributed by atoms with Crippen molar-refractivity contribution < 1.29 is 24.2 Å². The van der Waals surface area contributed by atoms with E-state index >= 15 is 0 Å². The molecule has 152 valence electrons. The highest BCUT2D eigenvalue weighted by molar-refractivity contribution is 5.69. The van der Waals surface area contributed by atoms with Gasteiger partial charge >= 0.3 is 12.2 Å². The van der Waals surface area contributed by atoms with Gasteiger partial charge in [0.1, 0.15) is 11.2 Å². The monoisotopic (exact) mass is 372 g/mol. The van der Waals surface area contributed by atoms with Crippen molar-refractivity contribution in [2.75, 3.05) is 19.7 Å². The number of rotatable bonds is 5. The number of hydrogen-bond acceptors (Lipinski definition) is 5. The summed E-state index contributed by atoms with van der Waals surface area (Å²) in [6.45, 7) is 11.8. The minimum absolute atomic E-state index is 0.0630. The molecule has 0 atom stereocenters. The first-order valence-corrected chi connectivity index (χ1v) is 9.48. The van der Waals surface area contributed by atoms with Crippen LogP contribution in [0.4, 0.5) is 9.59 Å². The van der Waals surface area contributed by atoms with Gasteiger partial charge in [-0.1, -0.05) is 0 Å². The van der Waals surface area contributed by atoms with Crippen LogP contribution < -0.4 is 5.32 Å². The molecule has 0 aromatic carbocycles. The largest absolute Gasteiger partial charge is 0.444 e. The highest BCUT2D eigenvalue weighted by Crippen LogP contribution is 2.28. The van der Waals surface area contributed by atoms with Gasteiger partial charge in [0, 0.05) is 25.7 Å². The molecule has 0 radical (unpaired) electrons. The van der Waals surface area contributed by atoms with Crippen LogP contribution in [0.1, 0.15) is 67.2 Å². The van der Waals surface area contributed by atoms with E-state index in [1.807, 2.05) is 20.8 Å². The van der Waals surface area contributed by atoms with Gasteiger partial charge in [-0.2, -0.15) is 0 Å². The zero-order valence-corrected chi connectivity index (χ0v) is 17.1. The van der Waals surface area contributed by atoms with Crippen LogP contribution >= 0.6 is 0 Å². The fourth-order valence-corrected chi connectivity index (χ4v) is 2.98. The van der Waals surface area contributed by atoms with Gasteiger partial charge in [0.15, 0.2) is 0 Å². The molecule has 1 aliphatic rings. The molecule has 0 spiro atoms. The number of nitrogens with zero attached hydrogens (tertiary/aromatic N) is 1. The molecule has 26 heavy (non-hydrogen) atoms. The van der Waals surface area contributed by atoms with Crippen molar-refractivity contribution in [3.05, 3.63) is 0 Å². The van der Waals surface area contributed by atoms with E-state index in [0.717, 1.165) is 25.7 Å². The lowest BCUT2D eigenvalue weighted by Gasteiger charge is -2.37. The molecule has 7 nitrogen and oxygen atoms in total. The molecule has 7 heteroatoms. The van der Waals surface area contributed by atoms with Gasteiger partial charge in [0.2, 0.25) is 0 Å². The first kappa shape index (κ1) is 22.5. The lowest BCUT2D eigenvalue weighted by atomic mass is 9.86. The standard InChI is InChI=1S/C19H36N2O5/c1-18(2,3)25-16(23)20-11-12-21(17(24)26-19(4,5)6)15-9-7-14(13-22)8-10-15/h14-15,22H,7-13H2,1-6H3,(H,20,23). The Morgan fingerprint density at radius 3 is 2.00 bits per heavy atom. The second-order valence-corrected chi connectivity index (χ2v) is 8.96. The van der Waals surface area contributed by atoms with Crippen molar-refractivity contribution in [2.24, 2.45) is 5.92 Å². The van der Waals surface area contributed by atoms with Gasteiger partial charge in [-0.25, -0.2) is 9.59 Å². The number of ether oxygens (including phenoxy) is 2. The van der Waals surface area contributed by atoms with Crippen molar-refractivity contribution in [1.82, 2.24) is 10.2 Å². The Balaban J connectivity index is 2.63. The molecule has 1 rings (SSSR count). The lowest BCUT2D eigenvalue weighted by Crippen LogP contribution is -2.48. The van der Waals surface area contributed by atoms with E-state index in [9.17, 15) is 14.7 Å². The maximum atomic E-state index is 12.6. The predicted octanol–water partition coefficient (Wildman–Crippen LogP) is 3.30. The van der Waals surface area contributed by atoms with Crippen molar-refractivity contribution in [3.8, 4) is 0 Å². The van der Waals surface area contributed by atoms with Gasteiger partial charge in [-0.05, 0) is 73.1 Å². The minimum Gasteiger partial charge on any atom is -0.444 e. The average Bonchev–Trinajstić information content (AvgIpc) is 2.48. The number of aliphatic hydroxyl groups excluding tert-OH is 1. The Kier molecular flexibility index (Phi) is 8.18. The van der Waals surface area contributed by atoms with Crippen LogP contribution in [0, 0.1) is 5.92 Å². The van der Waals surface area contributed by atoms with Crippen molar-refractivity contribution in [2.45, 2.75) is 84.5 Å². The van der Waals surface area contributed by atoms with Crippen molar-refractivity contribution in [3.63, 3.8) is 0 Å². The average molecular weight is 373 g/mol. The third-order valence-electron chi connectivity index (χ3n) is 4.16. The second-order valence-electron chi connectivity index (χ2n) is 8.96. The van der Waals surface area contributed by atoms with Crippen LogP contribution in [0.3, 0.4) is 0 Å². The highest BCUT2D eigenvalue weighted by atomic mass is 16.6. The summed E-state index contributed by atoms with van der Waals surface area (Å²) < 4.78 is 10.8. The van der Waals surface area contributed by atoms with E-state index in [1.54, 1.807) is 25.7 Å². The summed E-state index contributed by atoms with van der Waals surface area (Å²) in [5, 5.41) is 12.0. The first-order valence-electron chi connectivity index (χ1n) is 9.48. The summed E-state index contributed by atoms with van der Waals surface area (Å²) >= 11 is 0.